The molecule has 1 aromatic carbocycles. The fourth-order valence-corrected chi connectivity index (χ4v) is 2.46. The number of hydrogen-bond donors (Lipinski definition) is 1. The van der Waals surface area contributed by atoms with Crippen LogP contribution in [0.15, 0.2) is 18.2 Å². The minimum Gasteiger partial charge on any atom is -0.385 e. The molecule has 1 aromatic rings. The molecule has 1 N–H and O–H groups in total. The molecule has 0 spiro atoms. The molecule has 5 nitrogen and oxygen atoms in total. The number of nitro benzene ring substituents is 1. The summed E-state index contributed by atoms with van der Waals surface area (Å²) in [5, 5.41) is 14.4. The zero-order valence-corrected chi connectivity index (χ0v) is 13.0. The highest BCUT2D eigenvalue weighted by Crippen LogP contribution is 2.33. The van der Waals surface area contributed by atoms with E-state index in [1.807, 2.05) is 6.07 Å². The van der Waals surface area contributed by atoms with Gasteiger partial charge in [0, 0.05) is 43.1 Å². The molecule has 0 saturated heterocycles. The van der Waals surface area contributed by atoms with Gasteiger partial charge in [-0.25, -0.2) is 0 Å². The van der Waals surface area contributed by atoms with Gasteiger partial charge in [0.2, 0.25) is 0 Å². The van der Waals surface area contributed by atoms with Crippen molar-refractivity contribution in [2.45, 2.75) is 39.5 Å². The molecule has 21 heavy (non-hydrogen) atoms. The first kappa shape index (κ1) is 15.6. The largest absolute Gasteiger partial charge is 0.385 e. The van der Waals surface area contributed by atoms with E-state index in [0.717, 1.165) is 49.8 Å². The van der Waals surface area contributed by atoms with Crippen LogP contribution in [0, 0.1) is 16.0 Å². The lowest BCUT2D eigenvalue weighted by Crippen LogP contribution is -2.26. The van der Waals surface area contributed by atoms with Crippen molar-refractivity contribution < 1.29 is 4.92 Å². The maximum Gasteiger partial charge on any atom is 0.273 e. The van der Waals surface area contributed by atoms with E-state index in [2.05, 4.69) is 24.1 Å². The quantitative estimate of drug-likeness (QED) is 0.551. The summed E-state index contributed by atoms with van der Waals surface area (Å²) in [5.74, 6) is 0.767. The first-order valence-corrected chi connectivity index (χ1v) is 7.92. The summed E-state index contributed by atoms with van der Waals surface area (Å²) in [6, 6.07) is 5.37. The third kappa shape index (κ3) is 4.62. The van der Waals surface area contributed by atoms with E-state index in [4.69, 9.17) is 0 Å². The van der Waals surface area contributed by atoms with Crippen LogP contribution in [0.5, 0.6) is 0 Å². The maximum atomic E-state index is 11.2. The van der Waals surface area contributed by atoms with Crippen molar-refractivity contribution in [1.82, 2.24) is 0 Å². The van der Waals surface area contributed by atoms with Crippen molar-refractivity contribution >= 4 is 17.1 Å². The van der Waals surface area contributed by atoms with Gasteiger partial charge >= 0.3 is 0 Å². The van der Waals surface area contributed by atoms with Crippen LogP contribution in [0.3, 0.4) is 0 Å². The average molecular weight is 291 g/mol. The molecule has 1 saturated carbocycles. The van der Waals surface area contributed by atoms with Crippen molar-refractivity contribution in [2.24, 2.45) is 5.92 Å². The molecule has 2 rings (SSSR count). The minimum atomic E-state index is -0.304. The summed E-state index contributed by atoms with van der Waals surface area (Å²) >= 11 is 0. The van der Waals surface area contributed by atoms with Crippen molar-refractivity contribution in [3.05, 3.63) is 28.3 Å². The van der Waals surface area contributed by atoms with Crippen LogP contribution in [0.25, 0.3) is 0 Å². The molecule has 116 valence electrons. The van der Waals surface area contributed by atoms with Gasteiger partial charge in [-0.1, -0.05) is 13.8 Å². The van der Waals surface area contributed by atoms with Crippen molar-refractivity contribution in [3.63, 3.8) is 0 Å². The zero-order chi connectivity index (χ0) is 15.2. The van der Waals surface area contributed by atoms with Gasteiger partial charge in [-0.05, 0) is 37.7 Å². The van der Waals surface area contributed by atoms with Crippen molar-refractivity contribution in [3.8, 4) is 0 Å². The molecule has 0 unspecified atom stereocenters. The third-order valence-electron chi connectivity index (χ3n) is 3.73. The Kier molecular flexibility index (Phi) is 5.42. The number of nitro groups is 1. The van der Waals surface area contributed by atoms with Gasteiger partial charge in [0.05, 0.1) is 4.92 Å². The second-order valence-corrected chi connectivity index (χ2v) is 5.81. The highest BCUT2D eigenvalue weighted by Gasteiger charge is 2.25. The molecule has 0 amide bonds. The third-order valence-corrected chi connectivity index (χ3v) is 3.73. The molecule has 0 bridgehead atoms. The predicted molar refractivity (Wildman–Crippen MR) is 87.1 cm³/mol. The Bertz CT molecular complexity index is 486. The van der Waals surface area contributed by atoms with Crippen LogP contribution in [0.4, 0.5) is 17.1 Å². The normalized spacial score (nSPS) is 14.0. The number of benzene rings is 1. The van der Waals surface area contributed by atoms with E-state index >= 15 is 0 Å². The van der Waals surface area contributed by atoms with E-state index < -0.39 is 0 Å². The van der Waals surface area contributed by atoms with Gasteiger partial charge < -0.3 is 10.2 Å². The number of nitrogens with zero attached hydrogens (tertiary/aromatic N) is 2. The summed E-state index contributed by atoms with van der Waals surface area (Å²) in [4.78, 5) is 13.1. The summed E-state index contributed by atoms with van der Waals surface area (Å²) in [6.45, 7) is 7.03. The van der Waals surface area contributed by atoms with Gasteiger partial charge in [0.15, 0.2) is 0 Å². The van der Waals surface area contributed by atoms with Crippen molar-refractivity contribution in [2.75, 3.05) is 29.9 Å². The van der Waals surface area contributed by atoms with Crippen LogP contribution >= 0.6 is 0 Å². The summed E-state index contributed by atoms with van der Waals surface area (Å²) in [7, 11) is 0. The van der Waals surface area contributed by atoms with Gasteiger partial charge in [-0.3, -0.25) is 10.1 Å². The number of nitrogens with one attached hydrogen (secondary N) is 1. The molecule has 0 atom stereocenters. The van der Waals surface area contributed by atoms with E-state index in [1.54, 1.807) is 12.1 Å². The molecular formula is C16H25N3O2. The summed E-state index contributed by atoms with van der Waals surface area (Å²) in [6.07, 6.45) is 4.62. The van der Waals surface area contributed by atoms with E-state index in [1.165, 1.54) is 12.8 Å². The number of rotatable bonds is 9. The summed E-state index contributed by atoms with van der Waals surface area (Å²) < 4.78 is 0. The molecule has 0 heterocycles. The molecule has 1 aliphatic carbocycles. The van der Waals surface area contributed by atoms with Crippen LogP contribution in [0.1, 0.15) is 39.5 Å². The molecule has 0 radical (unpaired) electrons. The SMILES string of the molecule is CCCNc1cc(N(CCC)CC2CC2)cc([N+](=O)[O-])c1. The van der Waals surface area contributed by atoms with E-state index in [0.29, 0.717) is 0 Å². The van der Waals surface area contributed by atoms with Gasteiger partial charge in [0.1, 0.15) is 0 Å². The smallest absolute Gasteiger partial charge is 0.273 e. The first-order valence-electron chi connectivity index (χ1n) is 7.92. The Morgan fingerprint density at radius 1 is 1.29 bits per heavy atom. The maximum absolute atomic E-state index is 11.2. The van der Waals surface area contributed by atoms with Gasteiger partial charge in [0.25, 0.3) is 5.69 Å². The second-order valence-electron chi connectivity index (χ2n) is 5.81. The fourth-order valence-electron chi connectivity index (χ4n) is 2.46. The molecule has 0 aliphatic heterocycles. The minimum absolute atomic E-state index is 0.169. The Balaban J connectivity index is 2.24. The number of anilines is 2. The highest BCUT2D eigenvalue weighted by atomic mass is 16.6. The van der Waals surface area contributed by atoms with Crippen LogP contribution in [-0.4, -0.2) is 24.6 Å². The Labute approximate surface area is 126 Å². The lowest BCUT2D eigenvalue weighted by Gasteiger charge is -2.25. The molecule has 5 heteroatoms. The average Bonchev–Trinajstić information content (AvgIpc) is 3.28. The fraction of sp³-hybridized carbons (Fsp3) is 0.625. The van der Waals surface area contributed by atoms with Gasteiger partial charge in [-0.2, -0.15) is 0 Å². The standard InChI is InChI=1S/C16H25N3O2/c1-3-7-17-14-9-15(11-16(10-14)19(20)21)18(8-4-2)12-13-5-6-13/h9-11,13,17H,3-8,12H2,1-2H3. The lowest BCUT2D eigenvalue weighted by molar-refractivity contribution is -0.384. The molecular weight excluding hydrogens is 266 g/mol. The highest BCUT2D eigenvalue weighted by molar-refractivity contribution is 5.64. The van der Waals surface area contributed by atoms with Crippen LogP contribution in [-0.2, 0) is 0 Å². The molecule has 1 aliphatic rings. The van der Waals surface area contributed by atoms with Gasteiger partial charge in [-0.15, -0.1) is 0 Å². The van der Waals surface area contributed by atoms with E-state index in [9.17, 15) is 10.1 Å². The monoisotopic (exact) mass is 291 g/mol. The first-order chi connectivity index (χ1) is 10.1. The number of non-ortho nitro benzene ring substituents is 1. The predicted octanol–water partition coefficient (Wildman–Crippen LogP) is 4.04. The van der Waals surface area contributed by atoms with Crippen LogP contribution < -0.4 is 10.2 Å². The van der Waals surface area contributed by atoms with E-state index in [-0.39, 0.29) is 10.6 Å². The Hall–Kier alpha value is -1.78. The lowest BCUT2D eigenvalue weighted by atomic mass is 10.2. The topological polar surface area (TPSA) is 58.4 Å². The number of hydrogen-bond acceptors (Lipinski definition) is 4. The van der Waals surface area contributed by atoms with Crippen molar-refractivity contribution in [1.29, 1.82) is 0 Å². The molecule has 1 fully saturated rings. The zero-order valence-electron chi connectivity index (χ0n) is 13.0. The Morgan fingerprint density at radius 3 is 2.62 bits per heavy atom. The second kappa shape index (κ2) is 7.29. The molecule has 0 aromatic heterocycles. The summed E-state index contributed by atoms with van der Waals surface area (Å²) in [5.41, 5.74) is 1.98. The van der Waals surface area contributed by atoms with Crippen LogP contribution in [0.2, 0.25) is 0 Å². The Morgan fingerprint density at radius 2 is 2.05 bits per heavy atom.